The first-order valence-electron chi connectivity index (χ1n) is 7.43. The molecular weight excluding hydrogens is 304 g/mol. The van der Waals surface area contributed by atoms with Gasteiger partial charge in [0.2, 0.25) is 11.8 Å². The predicted octanol–water partition coefficient (Wildman–Crippen LogP) is 2.18. The van der Waals surface area contributed by atoms with Crippen LogP contribution in [0, 0.1) is 0 Å². The molecule has 0 radical (unpaired) electrons. The third-order valence-corrected chi connectivity index (χ3v) is 3.48. The lowest BCUT2D eigenvalue weighted by molar-refractivity contribution is -0.127. The lowest BCUT2D eigenvalue weighted by atomic mass is 10.0. The summed E-state index contributed by atoms with van der Waals surface area (Å²) >= 11 is 5.80. The van der Waals surface area contributed by atoms with Gasteiger partial charge in [0, 0.05) is 24.4 Å². The largest absolute Gasteiger partial charge is 0.386 e. The van der Waals surface area contributed by atoms with Crippen LogP contribution in [0.1, 0.15) is 44.8 Å². The van der Waals surface area contributed by atoms with Crippen molar-refractivity contribution in [1.82, 2.24) is 10.6 Å². The van der Waals surface area contributed by atoms with Gasteiger partial charge in [0.1, 0.15) is 0 Å². The predicted molar refractivity (Wildman–Crippen MR) is 86.6 cm³/mol. The minimum absolute atomic E-state index is 0.104. The molecule has 3 N–H and O–H groups in total. The van der Waals surface area contributed by atoms with E-state index in [0.717, 1.165) is 6.42 Å². The molecule has 0 aliphatic carbocycles. The molecule has 0 bridgehead atoms. The zero-order chi connectivity index (χ0) is 16.5. The number of aliphatic hydroxyl groups excluding tert-OH is 1. The number of aliphatic hydroxyl groups is 1. The average molecular weight is 327 g/mol. The van der Waals surface area contributed by atoms with Gasteiger partial charge in [-0.15, -0.1) is 0 Å². The Bertz CT molecular complexity index is 491. The van der Waals surface area contributed by atoms with E-state index in [0.29, 0.717) is 17.1 Å². The fourth-order valence-corrected chi connectivity index (χ4v) is 2.06. The number of nitrogens with one attached hydrogen (secondary N) is 2. The molecule has 2 unspecified atom stereocenters. The van der Waals surface area contributed by atoms with Gasteiger partial charge in [-0.3, -0.25) is 9.59 Å². The Morgan fingerprint density at radius 3 is 2.36 bits per heavy atom. The maximum absolute atomic E-state index is 11.8. The second-order valence-corrected chi connectivity index (χ2v) is 5.64. The fourth-order valence-electron chi connectivity index (χ4n) is 1.93. The highest BCUT2D eigenvalue weighted by atomic mass is 35.5. The van der Waals surface area contributed by atoms with Crippen LogP contribution in [0.5, 0.6) is 0 Å². The summed E-state index contributed by atoms with van der Waals surface area (Å²) in [5, 5.41) is 16.2. The lowest BCUT2D eigenvalue weighted by Crippen LogP contribution is -2.37. The van der Waals surface area contributed by atoms with Crippen molar-refractivity contribution in [2.24, 2.45) is 0 Å². The second-order valence-electron chi connectivity index (χ2n) is 5.20. The molecule has 0 heterocycles. The number of halogens is 1. The quantitative estimate of drug-likeness (QED) is 0.685. The third-order valence-electron chi connectivity index (χ3n) is 3.23. The van der Waals surface area contributed by atoms with Gasteiger partial charge in [-0.1, -0.05) is 30.7 Å². The molecule has 0 fully saturated rings. The van der Waals surface area contributed by atoms with Gasteiger partial charge >= 0.3 is 0 Å². The molecule has 0 aliphatic rings. The average Bonchev–Trinajstić information content (AvgIpc) is 2.50. The summed E-state index contributed by atoms with van der Waals surface area (Å²) in [5.41, 5.74) is 0.679. The number of benzene rings is 1. The molecule has 0 saturated heterocycles. The topological polar surface area (TPSA) is 78.4 Å². The van der Waals surface area contributed by atoms with Crippen molar-refractivity contribution in [3.05, 3.63) is 34.9 Å². The molecule has 0 aliphatic heterocycles. The molecule has 0 saturated carbocycles. The molecule has 1 rings (SSSR count). The van der Waals surface area contributed by atoms with Crippen LogP contribution in [0.4, 0.5) is 0 Å². The summed E-state index contributed by atoms with van der Waals surface area (Å²) in [6, 6.07) is 6.36. The van der Waals surface area contributed by atoms with Crippen LogP contribution in [0.15, 0.2) is 24.3 Å². The monoisotopic (exact) mass is 326 g/mol. The van der Waals surface area contributed by atoms with Crippen molar-refractivity contribution in [3.63, 3.8) is 0 Å². The molecule has 2 atom stereocenters. The van der Waals surface area contributed by atoms with Gasteiger partial charge in [-0.05, 0) is 31.0 Å². The highest BCUT2D eigenvalue weighted by molar-refractivity contribution is 6.30. The SMILES string of the molecule is CCCNC(=O)CCC(=O)NC(C)C(O)c1ccc(Cl)cc1. The maximum atomic E-state index is 11.8. The Labute approximate surface area is 136 Å². The molecule has 0 spiro atoms. The molecular formula is C16H23ClN2O3. The zero-order valence-corrected chi connectivity index (χ0v) is 13.7. The minimum Gasteiger partial charge on any atom is -0.386 e. The van der Waals surface area contributed by atoms with E-state index in [1.54, 1.807) is 31.2 Å². The van der Waals surface area contributed by atoms with Crippen LogP contribution in [-0.2, 0) is 9.59 Å². The summed E-state index contributed by atoms with van der Waals surface area (Å²) in [6.07, 6.45) is 0.292. The van der Waals surface area contributed by atoms with Gasteiger partial charge in [-0.2, -0.15) is 0 Å². The lowest BCUT2D eigenvalue weighted by Gasteiger charge is -2.20. The van der Waals surface area contributed by atoms with E-state index in [4.69, 9.17) is 11.6 Å². The molecule has 122 valence electrons. The standard InChI is InChI=1S/C16H23ClN2O3/c1-3-10-18-14(20)8-9-15(21)19-11(2)16(22)12-4-6-13(17)7-5-12/h4-7,11,16,22H,3,8-10H2,1-2H3,(H,18,20)(H,19,21). The summed E-state index contributed by atoms with van der Waals surface area (Å²) in [7, 11) is 0. The van der Waals surface area contributed by atoms with Crippen molar-refractivity contribution in [3.8, 4) is 0 Å². The Balaban J connectivity index is 2.40. The van der Waals surface area contributed by atoms with E-state index in [1.165, 1.54) is 0 Å². The van der Waals surface area contributed by atoms with Crippen molar-refractivity contribution in [1.29, 1.82) is 0 Å². The van der Waals surface area contributed by atoms with Gasteiger partial charge in [-0.25, -0.2) is 0 Å². The second kappa shape index (κ2) is 9.43. The molecule has 0 aromatic heterocycles. The first-order chi connectivity index (χ1) is 10.4. The van der Waals surface area contributed by atoms with Crippen molar-refractivity contribution < 1.29 is 14.7 Å². The highest BCUT2D eigenvalue weighted by Gasteiger charge is 2.18. The molecule has 6 heteroatoms. The van der Waals surface area contributed by atoms with Crippen molar-refractivity contribution in [2.75, 3.05) is 6.54 Å². The summed E-state index contributed by atoms with van der Waals surface area (Å²) < 4.78 is 0. The first kappa shape index (κ1) is 18.5. The minimum atomic E-state index is -0.824. The van der Waals surface area contributed by atoms with Crippen LogP contribution in [0.2, 0.25) is 5.02 Å². The molecule has 5 nitrogen and oxygen atoms in total. The number of hydrogen-bond donors (Lipinski definition) is 3. The molecule has 1 aromatic rings. The van der Waals surface area contributed by atoms with Crippen LogP contribution in [-0.4, -0.2) is 29.5 Å². The van der Waals surface area contributed by atoms with Crippen molar-refractivity contribution in [2.45, 2.75) is 45.3 Å². The Kier molecular flexibility index (Phi) is 7.91. The van der Waals surface area contributed by atoms with E-state index < -0.39 is 12.1 Å². The Hall–Kier alpha value is -1.59. The third kappa shape index (κ3) is 6.45. The Morgan fingerprint density at radius 2 is 1.77 bits per heavy atom. The smallest absolute Gasteiger partial charge is 0.220 e. The van der Waals surface area contributed by atoms with E-state index in [9.17, 15) is 14.7 Å². The molecule has 22 heavy (non-hydrogen) atoms. The van der Waals surface area contributed by atoms with Crippen molar-refractivity contribution >= 4 is 23.4 Å². The number of hydrogen-bond acceptors (Lipinski definition) is 3. The van der Waals surface area contributed by atoms with Crippen LogP contribution in [0.3, 0.4) is 0 Å². The summed E-state index contributed by atoms with van der Waals surface area (Å²) in [5.74, 6) is -0.393. The van der Waals surface area contributed by atoms with E-state index >= 15 is 0 Å². The van der Waals surface area contributed by atoms with Gasteiger partial charge in [0.05, 0.1) is 12.1 Å². The van der Waals surface area contributed by atoms with E-state index in [1.807, 2.05) is 6.92 Å². The number of carbonyl (C=O) groups is 2. The maximum Gasteiger partial charge on any atom is 0.220 e. The Morgan fingerprint density at radius 1 is 1.18 bits per heavy atom. The number of rotatable bonds is 8. The normalized spacial score (nSPS) is 13.3. The zero-order valence-electron chi connectivity index (χ0n) is 12.9. The fraction of sp³-hybridized carbons (Fsp3) is 0.500. The van der Waals surface area contributed by atoms with Gasteiger partial charge < -0.3 is 15.7 Å². The number of carbonyl (C=O) groups excluding carboxylic acids is 2. The number of amides is 2. The molecule has 1 aromatic carbocycles. The van der Waals surface area contributed by atoms with E-state index in [-0.39, 0.29) is 24.7 Å². The van der Waals surface area contributed by atoms with E-state index in [2.05, 4.69) is 10.6 Å². The van der Waals surface area contributed by atoms with Crippen LogP contribution >= 0.6 is 11.6 Å². The summed E-state index contributed by atoms with van der Waals surface area (Å²) in [6.45, 7) is 4.30. The van der Waals surface area contributed by atoms with Gasteiger partial charge in [0.15, 0.2) is 0 Å². The first-order valence-corrected chi connectivity index (χ1v) is 7.81. The molecule has 2 amide bonds. The van der Waals surface area contributed by atoms with Gasteiger partial charge in [0.25, 0.3) is 0 Å². The van der Waals surface area contributed by atoms with Crippen LogP contribution in [0.25, 0.3) is 0 Å². The van der Waals surface area contributed by atoms with Crippen LogP contribution < -0.4 is 10.6 Å². The summed E-state index contributed by atoms with van der Waals surface area (Å²) in [4.78, 5) is 23.2. The highest BCUT2D eigenvalue weighted by Crippen LogP contribution is 2.19.